The van der Waals surface area contributed by atoms with Gasteiger partial charge in [0.2, 0.25) is 5.78 Å². The maximum Gasteiger partial charge on any atom is 0.201 e. The molecule has 5 heteroatoms. The Morgan fingerprint density at radius 3 is 2.59 bits per heavy atom. The molecule has 1 N–H and O–H groups in total. The van der Waals surface area contributed by atoms with Gasteiger partial charge in [-0.05, 0) is 19.1 Å². The first-order valence-electron chi connectivity index (χ1n) is 5.04. The number of phenolic OH excluding ortho intramolecular Hbond substituents is 1. The molecule has 0 radical (unpaired) electrons. The van der Waals surface area contributed by atoms with E-state index in [-0.39, 0.29) is 22.2 Å². The predicted octanol–water partition coefficient (Wildman–Crippen LogP) is 2.32. The van der Waals surface area contributed by atoms with Gasteiger partial charge in [-0.3, -0.25) is 9.48 Å². The van der Waals surface area contributed by atoms with Crippen molar-refractivity contribution in [2.75, 3.05) is 0 Å². The van der Waals surface area contributed by atoms with Crippen molar-refractivity contribution in [3.63, 3.8) is 0 Å². The zero-order valence-corrected chi connectivity index (χ0v) is 10.2. The number of ketones is 1. The maximum atomic E-state index is 12.2. The van der Waals surface area contributed by atoms with Gasteiger partial charge in [-0.1, -0.05) is 23.7 Å². The number of phenols is 1. The largest absolute Gasteiger partial charge is 0.507 e. The summed E-state index contributed by atoms with van der Waals surface area (Å²) in [4.78, 5) is 12.2. The number of aromatic hydroxyl groups is 1. The van der Waals surface area contributed by atoms with E-state index in [9.17, 15) is 9.90 Å². The van der Waals surface area contributed by atoms with Gasteiger partial charge in [-0.15, -0.1) is 0 Å². The van der Waals surface area contributed by atoms with Crippen molar-refractivity contribution in [1.82, 2.24) is 9.78 Å². The molecule has 1 aromatic heterocycles. The van der Waals surface area contributed by atoms with Crippen LogP contribution in [0, 0.1) is 6.92 Å². The Morgan fingerprint density at radius 2 is 2.06 bits per heavy atom. The smallest absolute Gasteiger partial charge is 0.201 e. The fourth-order valence-electron chi connectivity index (χ4n) is 1.69. The third-order valence-corrected chi connectivity index (χ3v) is 2.96. The van der Waals surface area contributed by atoms with Crippen LogP contribution in [-0.4, -0.2) is 20.7 Å². The standard InChI is InChI=1S/C12H11ClN2O2/c1-7-10(12(13)15(2)14-7)11(17)8-5-3-4-6-9(8)16/h3-6,16H,1-2H3. The van der Waals surface area contributed by atoms with E-state index in [0.717, 1.165) is 0 Å². The lowest BCUT2D eigenvalue weighted by atomic mass is 10.0. The number of carbonyl (C=O) groups excluding carboxylic acids is 1. The first kappa shape index (κ1) is 11.7. The fourth-order valence-corrected chi connectivity index (χ4v) is 1.95. The van der Waals surface area contributed by atoms with Crippen LogP contribution >= 0.6 is 11.6 Å². The quantitative estimate of drug-likeness (QED) is 0.833. The van der Waals surface area contributed by atoms with Crippen molar-refractivity contribution in [2.24, 2.45) is 7.05 Å². The van der Waals surface area contributed by atoms with E-state index in [0.29, 0.717) is 11.3 Å². The van der Waals surface area contributed by atoms with Gasteiger partial charge in [0.1, 0.15) is 10.9 Å². The van der Waals surface area contributed by atoms with Crippen LogP contribution in [0.2, 0.25) is 5.15 Å². The first-order chi connectivity index (χ1) is 8.02. The van der Waals surface area contributed by atoms with Gasteiger partial charge in [-0.25, -0.2) is 0 Å². The summed E-state index contributed by atoms with van der Waals surface area (Å²) in [5, 5.41) is 14.0. The third kappa shape index (κ3) is 1.91. The lowest BCUT2D eigenvalue weighted by Gasteiger charge is -2.03. The van der Waals surface area contributed by atoms with E-state index in [4.69, 9.17) is 11.6 Å². The molecule has 1 heterocycles. The molecule has 0 unspecified atom stereocenters. The van der Waals surface area contributed by atoms with E-state index < -0.39 is 0 Å². The Bertz CT molecular complexity index is 590. The molecule has 0 aliphatic carbocycles. The Kier molecular flexibility index (Phi) is 2.90. The molecule has 0 atom stereocenters. The van der Waals surface area contributed by atoms with Crippen LogP contribution < -0.4 is 0 Å². The Labute approximate surface area is 103 Å². The highest BCUT2D eigenvalue weighted by Gasteiger charge is 2.22. The third-order valence-electron chi connectivity index (χ3n) is 2.53. The minimum atomic E-state index is -0.321. The molecule has 1 aromatic carbocycles. The van der Waals surface area contributed by atoms with Gasteiger partial charge in [0, 0.05) is 7.05 Å². The Balaban J connectivity index is 2.55. The van der Waals surface area contributed by atoms with Gasteiger partial charge >= 0.3 is 0 Å². The monoisotopic (exact) mass is 250 g/mol. The number of carbonyl (C=O) groups is 1. The number of hydrogen-bond donors (Lipinski definition) is 1. The highest BCUT2D eigenvalue weighted by molar-refractivity contribution is 6.34. The fraction of sp³-hybridized carbons (Fsp3) is 0.167. The number of hydrogen-bond acceptors (Lipinski definition) is 3. The van der Waals surface area contributed by atoms with Gasteiger partial charge in [-0.2, -0.15) is 5.10 Å². The SMILES string of the molecule is Cc1nn(C)c(Cl)c1C(=O)c1ccccc1O. The summed E-state index contributed by atoms with van der Waals surface area (Å²) in [6, 6.07) is 6.36. The molecule has 0 bridgehead atoms. The molecule has 0 aliphatic rings. The summed E-state index contributed by atoms with van der Waals surface area (Å²) in [6.45, 7) is 1.71. The minimum absolute atomic E-state index is 0.0585. The zero-order chi connectivity index (χ0) is 12.6. The van der Waals surface area contributed by atoms with E-state index in [1.807, 2.05) is 0 Å². The molecular weight excluding hydrogens is 240 g/mol. The van der Waals surface area contributed by atoms with Crippen molar-refractivity contribution < 1.29 is 9.90 Å². The second-order valence-electron chi connectivity index (χ2n) is 3.72. The van der Waals surface area contributed by atoms with Crippen molar-refractivity contribution in [3.8, 4) is 5.75 Å². The first-order valence-corrected chi connectivity index (χ1v) is 5.42. The molecule has 4 nitrogen and oxygen atoms in total. The number of rotatable bonds is 2. The topological polar surface area (TPSA) is 55.1 Å². The number of halogens is 1. The molecule has 2 aromatic rings. The highest BCUT2D eigenvalue weighted by Crippen LogP contribution is 2.26. The lowest BCUT2D eigenvalue weighted by Crippen LogP contribution is -2.03. The molecule has 0 spiro atoms. The predicted molar refractivity (Wildman–Crippen MR) is 64.5 cm³/mol. The molecular formula is C12H11ClN2O2. The Morgan fingerprint density at radius 1 is 1.41 bits per heavy atom. The summed E-state index contributed by atoms with van der Waals surface area (Å²) in [5.74, 6) is -0.379. The minimum Gasteiger partial charge on any atom is -0.507 e. The summed E-state index contributed by atoms with van der Waals surface area (Å²) < 4.78 is 1.43. The number of aryl methyl sites for hydroxylation is 2. The average Bonchev–Trinajstić information content (AvgIpc) is 2.53. The van der Waals surface area contributed by atoms with E-state index in [1.165, 1.54) is 10.7 Å². The molecule has 0 aliphatic heterocycles. The Hall–Kier alpha value is -1.81. The molecule has 2 rings (SSSR count). The zero-order valence-electron chi connectivity index (χ0n) is 9.44. The van der Waals surface area contributed by atoms with Crippen molar-refractivity contribution in [3.05, 3.63) is 46.2 Å². The van der Waals surface area contributed by atoms with E-state index in [2.05, 4.69) is 5.10 Å². The molecule has 0 saturated heterocycles. The average molecular weight is 251 g/mol. The van der Waals surface area contributed by atoms with Gasteiger partial charge in [0.25, 0.3) is 0 Å². The second-order valence-corrected chi connectivity index (χ2v) is 4.08. The van der Waals surface area contributed by atoms with Crippen LogP contribution in [0.15, 0.2) is 24.3 Å². The molecule has 0 amide bonds. The van der Waals surface area contributed by atoms with E-state index >= 15 is 0 Å². The molecule has 0 saturated carbocycles. The van der Waals surface area contributed by atoms with Gasteiger partial charge in [0.05, 0.1) is 16.8 Å². The number of aromatic nitrogens is 2. The summed E-state index contributed by atoms with van der Waals surface area (Å²) in [5.41, 5.74) is 1.10. The van der Waals surface area contributed by atoms with Crippen LogP contribution in [0.1, 0.15) is 21.6 Å². The van der Waals surface area contributed by atoms with Crippen molar-refractivity contribution in [2.45, 2.75) is 6.92 Å². The van der Waals surface area contributed by atoms with Crippen LogP contribution in [0.5, 0.6) is 5.75 Å². The highest BCUT2D eigenvalue weighted by atomic mass is 35.5. The van der Waals surface area contributed by atoms with E-state index in [1.54, 1.807) is 32.2 Å². The molecule has 17 heavy (non-hydrogen) atoms. The van der Waals surface area contributed by atoms with Crippen LogP contribution in [0.4, 0.5) is 0 Å². The van der Waals surface area contributed by atoms with Gasteiger partial charge < -0.3 is 5.11 Å². The summed E-state index contributed by atoms with van der Waals surface area (Å²) >= 11 is 6.01. The van der Waals surface area contributed by atoms with Crippen LogP contribution in [0.25, 0.3) is 0 Å². The van der Waals surface area contributed by atoms with Crippen LogP contribution in [0.3, 0.4) is 0 Å². The van der Waals surface area contributed by atoms with Gasteiger partial charge in [0.15, 0.2) is 0 Å². The second kappa shape index (κ2) is 4.22. The normalized spacial score (nSPS) is 10.5. The lowest BCUT2D eigenvalue weighted by molar-refractivity contribution is 0.103. The number of para-hydroxylation sites is 1. The summed E-state index contributed by atoms with van der Waals surface area (Å²) in [6.07, 6.45) is 0. The molecule has 0 fully saturated rings. The molecule has 88 valence electrons. The summed E-state index contributed by atoms with van der Waals surface area (Å²) in [7, 11) is 1.66. The van der Waals surface area contributed by atoms with Crippen molar-refractivity contribution in [1.29, 1.82) is 0 Å². The van der Waals surface area contributed by atoms with Crippen LogP contribution in [-0.2, 0) is 7.05 Å². The number of nitrogens with zero attached hydrogens (tertiary/aromatic N) is 2. The van der Waals surface area contributed by atoms with Crippen molar-refractivity contribution >= 4 is 17.4 Å². The maximum absolute atomic E-state index is 12.2. The number of benzene rings is 1.